The Morgan fingerprint density at radius 1 is 0.972 bits per heavy atom. The highest BCUT2D eigenvalue weighted by atomic mass is 32.2. The summed E-state index contributed by atoms with van der Waals surface area (Å²) in [4.78, 5) is 48.9. The lowest BCUT2D eigenvalue weighted by molar-refractivity contribution is -0.146. The fourth-order valence-corrected chi connectivity index (χ4v) is 6.54. The zero-order valence-corrected chi connectivity index (χ0v) is 21.4. The third-order valence-electron chi connectivity index (χ3n) is 5.35. The molecule has 1 aromatic heterocycles. The fourth-order valence-electron chi connectivity index (χ4n) is 3.53. The second kappa shape index (κ2) is 12.1. The molecule has 0 bridgehead atoms. The molecule has 194 valence electrons. The quantitative estimate of drug-likeness (QED) is 0.375. The molecule has 36 heavy (non-hydrogen) atoms. The van der Waals surface area contributed by atoms with Gasteiger partial charge in [-0.25, -0.2) is 18.0 Å². The predicted molar refractivity (Wildman–Crippen MR) is 129 cm³/mol. The number of ether oxygens (including phenoxy) is 3. The molecule has 0 saturated carbocycles. The van der Waals surface area contributed by atoms with Crippen LogP contribution in [0.2, 0.25) is 0 Å². The first-order valence-corrected chi connectivity index (χ1v) is 13.3. The third-order valence-corrected chi connectivity index (χ3v) is 8.80. The smallest absolute Gasteiger partial charge is 0.339 e. The Hall–Kier alpha value is -3.29. The van der Waals surface area contributed by atoms with Gasteiger partial charge in [0.05, 0.1) is 37.5 Å². The summed E-state index contributed by atoms with van der Waals surface area (Å²) in [5.41, 5.74) is 0.0629. The number of carbonyl (C=O) groups is 4. The number of rotatable bonds is 9. The van der Waals surface area contributed by atoms with Crippen LogP contribution in [-0.4, -0.2) is 70.5 Å². The number of methoxy groups -OCH3 is 2. The first-order chi connectivity index (χ1) is 17.1. The molecule has 1 amide bonds. The Bertz CT molecular complexity index is 1250. The van der Waals surface area contributed by atoms with Gasteiger partial charge in [-0.2, -0.15) is 4.31 Å². The van der Waals surface area contributed by atoms with Crippen LogP contribution in [0.25, 0.3) is 0 Å². The van der Waals surface area contributed by atoms with Crippen LogP contribution in [0.1, 0.15) is 44.9 Å². The van der Waals surface area contributed by atoms with Gasteiger partial charge >= 0.3 is 17.9 Å². The minimum atomic E-state index is -3.60. The molecule has 2 heterocycles. The summed E-state index contributed by atoms with van der Waals surface area (Å²) in [5, 5.41) is 2.42. The highest BCUT2D eigenvalue weighted by molar-refractivity contribution is 7.91. The fraction of sp³-hybridized carbons (Fsp3) is 0.391. The first kappa shape index (κ1) is 27.3. The molecule has 1 aromatic carbocycles. The molecule has 0 unspecified atom stereocenters. The van der Waals surface area contributed by atoms with Crippen molar-refractivity contribution < 1.29 is 41.8 Å². The maximum absolute atomic E-state index is 12.8. The largest absolute Gasteiger partial charge is 0.465 e. The molecule has 1 fully saturated rings. The zero-order chi connectivity index (χ0) is 26.3. The average Bonchev–Trinajstić information content (AvgIpc) is 3.36. The number of sulfonamides is 1. The van der Waals surface area contributed by atoms with Crippen molar-refractivity contribution in [3.8, 4) is 0 Å². The van der Waals surface area contributed by atoms with Gasteiger partial charge in [-0.05, 0) is 43.2 Å². The van der Waals surface area contributed by atoms with Gasteiger partial charge < -0.3 is 19.5 Å². The van der Waals surface area contributed by atoms with Gasteiger partial charge in [0.2, 0.25) is 0 Å². The molecule has 1 N–H and O–H groups in total. The van der Waals surface area contributed by atoms with Crippen molar-refractivity contribution in [2.24, 2.45) is 0 Å². The second-order valence-corrected chi connectivity index (χ2v) is 11.1. The Kier molecular flexibility index (Phi) is 9.18. The van der Waals surface area contributed by atoms with E-state index < -0.39 is 40.4 Å². The molecule has 0 atom stereocenters. The van der Waals surface area contributed by atoms with Crippen LogP contribution in [-0.2, 0) is 40.2 Å². The number of hydrogen-bond donors (Lipinski definition) is 1. The van der Waals surface area contributed by atoms with Crippen molar-refractivity contribution in [3.63, 3.8) is 0 Å². The maximum Gasteiger partial charge on any atom is 0.339 e. The highest BCUT2D eigenvalue weighted by Crippen LogP contribution is 2.27. The van der Waals surface area contributed by atoms with E-state index in [1.165, 1.54) is 35.7 Å². The number of hydrogen-bond acceptors (Lipinski definition) is 10. The summed E-state index contributed by atoms with van der Waals surface area (Å²) < 4.78 is 41.5. The third kappa shape index (κ3) is 6.68. The van der Waals surface area contributed by atoms with Crippen molar-refractivity contribution in [1.29, 1.82) is 0 Å². The number of nitrogens with one attached hydrogen (secondary N) is 1. The van der Waals surface area contributed by atoms with E-state index in [2.05, 4.69) is 14.8 Å². The number of amides is 1. The number of carbonyl (C=O) groups excluding carboxylic acids is 4. The molecule has 1 aliphatic heterocycles. The van der Waals surface area contributed by atoms with Gasteiger partial charge in [-0.1, -0.05) is 6.42 Å². The van der Waals surface area contributed by atoms with E-state index in [4.69, 9.17) is 4.74 Å². The minimum Gasteiger partial charge on any atom is -0.465 e. The molecule has 2 aromatic rings. The molecule has 13 heteroatoms. The van der Waals surface area contributed by atoms with Gasteiger partial charge in [-0.3, -0.25) is 9.59 Å². The van der Waals surface area contributed by atoms with E-state index in [9.17, 15) is 27.6 Å². The molecule has 0 spiro atoms. The van der Waals surface area contributed by atoms with E-state index in [1.54, 1.807) is 6.07 Å². The Morgan fingerprint density at radius 3 is 2.33 bits per heavy atom. The SMILES string of the molecule is COC(=O)c1ccc(C(=O)OC)c(NC(=O)COC(=O)Cc2ccc(S(=O)(=O)N3CCCCC3)s2)c1. The number of thiophene rings is 1. The molecule has 0 aliphatic carbocycles. The van der Waals surface area contributed by atoms with Crippen LogP contribution < -0.4 is 5.32 Å². The summed E-state index contributed by atoms with van der Waals surface area (Å²) in [6, 6.07) is 6.89. The van der Waals surface area contributed by atoms with Crippen molar-refractivity contribution in [2.45, 2.75) is 29.9 Å². The van der Waals surface area contributed by atoms with Crippen LogP contribution in [0.4, 0.5) is 5.69 Å². The number of nitrogens with zero attached hydrogens (tertiary/aromatic N) is 1. The molecular formula is C23H26N2O9S2. The summed E-state index contributed by atoms with van der Waals surface area (Å²) in [7, 11) is -1.24. The van der Waals surface area contributed by atoms with E-state index in [-0.39, 0.29) is 27.4 Å². The zero-order valence-electron chi connectivity index (χ0n) is 19.8. The van der Waals surface area contributed by atoms with Gasteiger partial charge in [0.1, 0.15) is 4.21 Å². The normalized spacial score (nSPS) is 14.1. The lowest BCUT2D eigenvalue weighted by Crippen LogP contribution is -2.35. The predicted octanol–water partition coefficient (Wildman–Crippen LogP) is 2.22. The molecule has 3 rings (SSSR count). The number of esters is 3. The van der Waals surface area contributed by atoms with Crippen LogP contribution in [0.5, 0.6) is 0 Å². The van der Waals surface area contributed by atoms with Gasteiger partial charge in [0, 0.05) is 18.0 Å². The van der Waals surface area contributed by atoms with Crippen LogP contribution in [0.15, 0.2) is 34.5 Å². The van der Waals surface area contributed by atoms with Crippen molar-refractivity contribution in [3.05, 3.63) is 46.3 Å². The first-order valence-electron chi connectivity index (χ1n) is 11.0. The van der Waals surface area contributed by atoms with E-state index in [0.717, 1.165) is 37.7 Å². The summed E-state index contributed by atoms with van der Waals surface area (Å²) in [6.07, 6.45) is 2.43. The monoisotopic (exact) mass is 538 g/mol. The van der Waals surface area contributed by atoms with E-state index in [0.29, 0.717) is 18.0 Å². The van der Waals surface area contributed by atoms with Gasteiger partial charge in [0.25, 0.3) is 15.9 Å². The number of benzene rings is 1. The summed E-state index contributed by atoms with van der Waals surface area (Å²) in [5.74, 6) is -2.90. The molecule has 1 aliphatic rings. The van der Waals surface area contributed by atoms with E-state index >= 15 is 0 Å². The van der Waals surface area contributed by atoms with Crippen LogP contribution in [0.3, 0.4) is 0 Å². The maximum atomic E-state index is 12.8. The minimum absolute atomic E-state index is 0.00846. The lowest BCUT2D eigenvalue weighted by Gasteiger charge is -2.25. The number of anilines is 1. The summed E-state index contributed by atoms with van der Waals surface area (Å²) >= 11 is 0.987. The van der Waals surface area contributed by atoms with Crippen LogP contribution >= 0.6 is 11.3 Å². The Labute approximate surface area is 212 Å². The molecule has 0 radical (unpaired) electrons. The molecule has 1 saturated heterocycles. The summed E-state index contributed by atoms with van der Waals surface area (Å²) in [6.45, 7) is 0.298. The molecule has 11 nitrogen and oxygen atoms in total. The second-order valence-electron chi connectivity index (χ2n) is 7.81. The highest BCUT2D eigenvalue weighted by Gasteiger charge is 2.27. The van der Waals surface area contributed by atoms with Crippen molar-refractivity contribution in [2.75, 3.05) is 39.2 Å². The lowest BCUT2D eigenvalue weighted by atomic mass is 10.1. The van der Waals surface area contributed by atoms with Gasteiger partial charge in [-0.15, -0.1) is 11.3 Å². The van der Waals surface area contributed by atoms with Crippen molar-refractivity contribution in [1.82, 2.24) is 4.31 Å². The Balaban J connectivity index is 1.59. The van der Waals surface area contributed by atoms with Gasteiger partial charge in [0.15, 0.2) is 6.61 Å². The average molecular weight is 539 g/mol. The van der Waals surface area contributed by atoms with Crippen molar-refractivity contribution >= 4 is 50.9 Å². The van der Waals surface area contributed by atoms with E-state index in [1.807, 2.05) is 0 Å². The topological polar surface area (TPSA) is 145 Å². The molecular weight excluding hydrogens is 512 g/mol. The van der Waals surface area contributed by atoms with Crippen LogP contribution in [0, 0.1) is 0 Å². The Morgan fingerprint density at radius 2 is 1.67 bits per heavy atom. The standard InChI is InChI=1S/C23H26N2O9S2/c1-32-22(28)15-6-8-17(23(29)33-2)18(12-15)24-19(26)14-34-20(27)13-16-7-9-21(35-16)36(30,31)25-10-4-3-5-11-25/h6-9,12H,3-5,10-11,13-14H2,1-2H3,(H,24,26). The number of piperidine rings is 1.